The van der Waals surface area contributed by atoms with Gasteiger partial charge in [-0.05, 0) is 58.4 Å². The summed E-state index contributed by atoms with van der Waals surface area (Å²) >= 11 is 0. The summed E-state index contributed by atoms with van der Waals surface area (Å²) < 4.78 is 0. The van der Waals surface area contributed by atoms with Crippen molar-refractivity contribution in [2.24, 2.45) is 11.8 Å². The van der Waals surface area contributed by atoms with Gasteiger partial charge in [0.25, 0.3) is 0 Å². The van der Waals surface area contributed by atoms with Gasteiger partial charge in [0, 0.05) is 5.92 Å². The minimum atomic E-state index is 0.167. The van der Waals surface area contributed by atoms with Crippen LogP contribution in [0.25, 0.3) is 0 Å². The van der Waals surface area contributed by atoms with Crippen LogP contribution < -0.4 is 0 Å². The first-order valence-electron chi connectivity index (χ1n) is 13.1. The lowest BCUT2D eigenvalue weighted by atomic mass is 9.89. The van der Waals surface area contributed by atoms with Gasteiger partial charge in [0.1, 0.15) is 12.1 Å². The fourth-order valence-corrected chi connectivity index (χ4v) is 2.87. The molecule has 2 rings (SSSR count). The number of rotatable bonds is 3. The molecule has 0 aliphatic heterocycles. The first-order chi connectivity index (χ1) is 15.0. The third kappa shape index (κ3) is 43.5. The molecule has 0 heterocycles. The molecule has 0 saturated heterocycles. The van der Waals surface area contributed by atoms with Gasteiger partial charge in [0.15, 0.2) is 5.78 Å². The van der Waals surface area contributed by atoms with Crippen molar-refractivity contribution < 1.29 is 14.4 Å². The number of hydrogen-bond donors (Lipinski definition) is 0. The van der Waals surface area contributed by atoms with Crippen molar-refractivity contribution in [3.05, 3.63) is 12.2 Å². The second kappa shape index (κ2) is 39.2. The topological polar surface area (TPSA) is 51.2 Å². The van der Waals surface area contributed by atoms with E-state index >= 15 is 0 Å². The molecule has 31 heavy (non-hydrogen) atoms. The van der Waals surface area contributed by atoms with Crippen LogP contribution in [0, 0.1) is 11.8 Å². The quantitative estimate of drug-likeness (QED) is 0.323. The molecule has 2 aliphatic rings. The molecule has 188 valence electrons. The Bertz CT molecular complexity index is 356. The predicted octanol–water partition coefficient (Wildman–Crippen LogP) is 9.18. The van der Waals surface area contributed by atoms with E-state index in [1.54, 1.807) is 13.0 Å². The lowest BCUT2D eigenvalue weighted by Crippen LogP contribution is -2.06. The lowest BCUT2D eigenvalue weighted by Gasteiger charge is -2.17. The molecule has 0 N–H and O–H groups in total. The Hall–Kier alpha value is -1.25. The number of ketones is 2. The molecular weight excluding hydrogens is 384 g/mol. The van der Waals surface area contributed by atoms with Gasteiger partial charge in [-0.3, -0.25) is 4.79 Å². The number of hydrogen-bond acceptors (Lipinski definition) is 3. The van der Waals surface area contributed by atoms with E-state index in [0.29, 0.717) is 11.8 Å². The maximum atomic E-state index is 10.6. The molecule has 2 saturated carbocycles. The van der Waals surface area contributed by atoms with E-state index in [0.717, 1.165) is 19.1 Å². The van der Waals surface area contributed by atoms with Crippen molar-refractivity contribution in [1.82, 2.24) is 0 Å². The molecule has 0 aromatic carbocycles. The Labute approximate surface area is 196 Å². The third-order valence-corrected chi connectivity index (χ3v) is 4.10. The summed E-state index contributed by atoms with van der Waals surface area (Å²) in [6.45, 7) is 20.7. The van der Waals surface area contributed by atoms with Crippen molar-refractivity contribution in [3.63, 3.8) is 0 Å². The van der Waals surface area contributed by atoms with E-state index in [-0.39, 0.29) is 11.6 Å². The zero-order valence-corrected chi connectivity index (χ0v) is 23.2. The van der Waals surface area contributed by atoms with Crippen molar-refractivity contribution >= 4 is 17.9 Å². The van der Waals surface area contributed by atoms with Crippen LogP contribution in [0.15, 0.2) is 12.2 Å². The average Bonchev–Trinajstić information content (AvgIpc) is 2.84. The van der Waals surface area contributed by atoms with E-state index in [1.807, 2.05) is 55.4 Å². The Kier molecular flexibility index (Phi) is 50.8. The Morgan fingerprint density at radius 3 is 1.10 bits per heavy atom. The van der Waals surface area contributed by atoms with Crippen LogP contribution in [0.4, 0.5) is 0 Å². The summed E-state index contributed by atoms with van der Waals surface area (Å²) in [6, 6.07) is 0. The van der Waals surface area contributed by atoms with Crippen LogP contribution in [0.1, 0.15) is 140 Å². The molecule has 2 aliphatic carbocycles. The van der Waals surface area contributed by atoms with E-state index in [4.69, 9.17) is 0 Å². The highest BCUT2D eigenvalue weighted by molar-refractivity contribution is 5.87. The van der Waals surface area contributed by atoms with Crippen molar-refractivity contribution in [2.75, 3.05) is 0 Å². The molecule has 2 fully saturated rings. The summed E-state index contributed by atoms with van der Waals surface area (Å²) in [4.78, 5) is 30.2. The molecule has 0 bridgehead atoms. The summed E-state index contributed by atoms with van der Waals surface area (Å²) in [7, 11) is 0. The highest BCUT2D eigenvalue weighted by atomic mass is 16.1. The molecule has 0 spiro atoms. The summed E-state index contributed by atoms with van der Waals surface area (Å²) in [5, 5.41) is 0. The van der Waals surface area contributed by atoms with E-state index in [1.165, 1.54) is 65.2 Å². The second-order valence-electron chi connectivity index (χ2n) is 6.81. The molecule has 0 unspecified atom stereocenters. The van der Waals surface area contributed by atoms with Crippen molar-refractivity contribution in [3.8, 4) is 0 Å². The SMILES string of the molecule is CC.CC.CC.CC.CC(=O)/C=C/C1CCCCC1.CC(C)=O.O=CC1CCCCC1. The maximum absolute atomic E-state index is 10.6. The zero-order valence-electron chi connectivity index (χ0n) is 23.2. The fraction of sp³-hybridized carbons (Fsp3) is 0.821. The average molecular weight is 443 g/mol. The van der Waals surface area contributed by atoms with Gasteiger partial charge < -0.3 is 9.59 Å². The Morgan fingerprint density at radius 2 is 0.871 bits per heavy atom. The second-order valence-corrected chi connectivity index (χ2v) is 6.81. The molecule has 0 aromatic heterocycles. The van der Waals surface area contributed by atoms with Crippen molar-refractivity contribution in [1.29, 1.82) is 0 Å². The molecule has 0 aromatic rings. The van der Waals surface area contributed by atoms with E-state index in [2.05, 4.69) is 6.08 Å². The highest BCUT2D eigenvalue weighted by Gasteiger charge is 2.10. The van der Waals surface area contributed by atoms with Gasteiger partial charge in [-0.15, -0.1) is 0 Å². The summed E-state index contributed by atoms with van der Waals surface area (Å²) in [6.07, 6.45) is 17.7. The molecule has 0 atom stereocenters. The van der Waals surface area contributed by atoms with E-state index in [9.17, 15) is 14.4 Å². The number of carbonyl (C=O) groups is 3. The largest absolute Gasteiger partial charge is 0.303 e. The van der Waals surface area contributed by atoms with Gasteiger partial charge >= 0.3 is 0 Å². The normalized spacial score (nSPS) is 14.9. The van der Waals surface area contributed by atoms with Gasteiger partial charge in [-0.1, -0.05) is 100.0 Å². The monoisotopic (exact) mass is 442 g/mol. The highest BCUT2D eigenvalue weighted by Crippen LogP contribution is 2.24. The van der Waals surface area contributed by atoms with Crippen LogP contribution in [0.2, 0.25) is 0 Å². The smallest absolute Gasteiger partial charge is 0.152 e. The predicted molar refractivity (Wildman–Crippen MR) is 141 cm³/mol. The van der Waals surface area contributed by atoms with Crippen LogP contribution in [0.5, 0.6) is 0 Å². The number of Topliss-reactive ketones (excluding diaryl/α,β-unsaturated/α-hetero) is 1. The minimum Gasteiger partial charge on any atom is -0.303 e. The number of carbonyl (C=O) groups excluding carboxylic acids is 3. The van der Waals surface area contributed by atoms with E-state index < -0.39 is 0 Å². The fourth-order valence-electron chi connectivity index (χ4n) is 2.87. The Balaban J connectivity index is -0.0000000994. The minimum absolute atomic E-state index is 0.167. The first-order valence-corrected chi connectivity index (χ1v) is 13.1. The molecule has 0 amide bonds. The third-order valence-electron chi connectivity index (χ3n) is 4.10. The Morgan fingerprint density at radius 1 is 0.581 bits per heavy atom. The van der Waals surface area contributed by atoms with Gasteiger partial charge in [0.05, 0.1) is 0 Å². The van der Waals surface area contributed by atoms with Crippen LogP contribution in [-0.2, 0) is 14.4 Å². The number of aldehydes is 1. The van der Waals surface area contributed by atoms with Gasteiger partial charge in [0.2, 0.25) is 0 Å². The molecule has 3 nitrogen and oxygen atoms in total. The van der Waals surface area contributed by atoms with Crippen LogP contribution in [-0.4, -0.2) is 17.9 Å². The van der Waals surface area contributed by atoms with Crippen molar-refractivity contribution in [2.45, 2.75) is 140 Å². The van der Waals surface area contributed by atoms with Crippen LogP contribution >= 0.6 is 0 Å². The molecular formula is C28H58O3. The van der Waals surface area contributed by atoms with Gasteiger partial charge in [-0.25, -0.2) is 0 Å². The summed E-state index contributed by atoms with van der Waals surface area (Å²) in [5.41, 5.74) is 0. The zero-order chi connectivity index (χ0) is 25.5. The summed E-state index contributed by atoms with van der Waals surface area (Å²) in [5.74, 6) is 1.44. The first kappa shape index (κ1) is 40.1. The molecule has 3 heteroatoms. The van der Waals surface area contributed by atoms with Crippen LogP contribution in [0.3, 0.4) is 0 Å². The standard InChI is InChI=1S/C10H16O.C7H12O.C3H6O.4C2H6/c1-9(11)7-8-10-5-3-2-4-6-10;8-6-7-4-2-1-3-5-7;1-3(2)4;4*1-2/h7-8,10H,2-6H2,1H3;6-7H,1-5H2;1-2H3;4*1-2H3/b8-7+;;;;;;. The number of allylic oxidation sites excluding steroid dienone is 2. The van der Waals surface area contributed by atoms with Gasteiger partial charge in [-0.2, -0.15) is 0 Å². The molecule has 0 radical (unpaired) electrons. The lowest BCUT2D eigenvalue weighted by molar-refractivity contribution is -0.115. The maximum Gasteiger partial charge on any atom is 0.152 e.